The second kappa shape index (κ2) is 12.8. The van der Waals surface area contributed by atoms with Gasteiger partial charge in [0.1, 0.15) is 5.52 Å². The molecule has 7 heteroatoms. The average molecular weight is 557 g/mol. The highest BCUT2D eigenvalue weighted by Crippen LogP contribution is 2.38. The SMILES string of the molecule is CN(C(=O)CC1CCCCC1)c1ccc(C2CCC(Cn3cc(C(=O)N4CCOCC4)c4ncccc43)CC2)cc1. The molecule has 7 nitrogen and oxygen atoms in total. The van der Waals surface area contributed by atoms with Crippen LogP contribution in [0.25, 0.3) is 11.0 Å². The highest BCUT2D eigenvalue weighted by molar-refractivity contribution is 6.05. The third-order valence-corrected chi connectivity index (χ3v) is 9.78. The van der Waals surface area contributed by atoms with Crippen LogP contribution in [0.3, 0.4) is 0 Å². The Hall–Kier alpha value is -3.19. The first-order valence-electron chi connectivity index (χ1n) is 15.7. The zero-order valence-electron chi connectivity index (χ0n) is 24.5. The maximum Gasteiger partial charge on any atom is 0.257 e. The van der Waals surface area contributed by atoms with Crippen LogP contribution in [0.5, 0.6) is 0 Å². The van der Waals surface area contributed by atoms with Gasteiger partial charge in [-0.15, -0.1) is 0 Å². The lowest BCUT2D eigenvalue weighted by molar-refractivity contribution is -0.119. The van der Waals surface area contributed by atoms with Crippen LogP contribution in [0.15, 0.2) is 48.8 Å². The molecular weight excluding hydrogens is 512 g/mol. The summed E-state index contributed by atoms with van der Waals surface area (Å²) in [5.74, 6) is 2.00. The summed E-state index contributed by atoms with van der Waals surface area (Å²) in [6.45, 7) is 3.38. The predicted molar refractivity (Wildman–Crippen MR) is 162 cm³/mol. The molecule has 1 aromatic carbocycles. The fourth-order valence-corrected chi connectivity index (χ4v) is 7.21. The number of carbonyl (C=O) groups excluding carboxylic acids is 2. The Kier molecular flexibility index (Phi) is 8.70. The Morgan fingerprint density at radius 3 is 2.39 bits per heavy atom. The van der Waals surface area contributed by atoms with E-state index in [1.165, 1.54) is 50.5 Å². The molecule has 2 amide bonds. The van der Waals surface area contributed by atoms with Crippen molar-refractivity contribution in [2.45, 2.75) is 76.7 Å². The Morgan fingerprint density at radius 2 is 1.66 bits per heavy atom. The first-order chi connectivity index (χ1) is 20.1. The van der Waals surface area contributed by atoms with Crippen LogP contribution in [0, 0.1) is 11.8 Å². The van der Waals surface area contributed by atoms with Gasteiger partial charge >= 0.3 is 0 Å². The molecule has 3 aromatic rings. The molecule has 0 unspecified atom stereocenters. The minimum atomic E-state index is 0.0595. The summed E-state index contributed by atoms with van der Waals surface area (Å²) in [6.07, 6.45) is 15.4. The molecule has 0 spiro atoms. The van der Waals surface area contributed by atoms with E-state index in [1.54, 1.807) is 6.20 Å². The molecule has 41 heavy (non-hydrogen) atoms. The average Bonchev–Trinajstić information content (AvgIpc) is 3.40. The Bertz CT molecular complexity index is 1330. The van der Waals surface area contributed by atoms with Gasteiger partial charge in [-0.2, -0.15) is 0 Å². The van der Waals surface area contributed by atoms with Gasteiger partial charge in [0.15, 0.2) is 0 Å². The summed E-state index contributed by atoms with van der Waals surface area (Å²) < 4.78 is 7.70. The van der Waals surface area contributed by atoms with Crippen molar-refractivity contribution in [1.82, 2.24) is 14.5 Å². The highest BCUT2D eigenvalue weighted by Gasteiger charge is 2.27. The number of carbonyl (C=O) groups is 2. The fourth-order valence-electron chi connectivity index (χ4n) is 7.21. The number of amides is 2. The van der Waals surface area contributed by atoms with Crippen molar-refractivity contribution in [2.24, 2.45) is 11.8 Å². The number of hydrogen-bond donors (Lipinski definition) is 0. The summed E-state index contributed by atoms with van der Waals surface area (Å²) in [7, 11) is 1.92. The van der Waals surface area contributed by atoms with E-state index in [2.05, 4.69) is 39.9 Å². The third kappa shape index (κ3) is 6.35. The van der Waals surface area contributed by atoms with Gasteiger partial charge in [-0.3, -0.25) is 14.6 Å². The number of benzene rings is 1. The van der Waals surface area contributed by atoms with Gasteiger partial charge in [0.25, 0.3) is 5.91 Å². The van der Waals surface area contributed by atoms with Crippen LogP contribution in [0.4, 0.5) is 5.69 Å². The van der Waals surface area contributed by atoms with Gasteiger partial charge in [0.2, 0.25) is 5.91 Å². The maximum absolute atomic E-state index is 13.3. The fraction of sp³-hybridized carbons (Fsp3) is 0.559. The van der Waals surface area contributed by atoms with Gasteiger partial charge in [0.05, 0.1) is 24.3 Å². The van der Waals surface area contributed by atoms with Crippen molar-refractivity contribution >= 4 is 28.5 Å². The van der Waals surface area contributed by atoms with Crippen molar-refractivity contribution in [3.8, 4) is 0 Å². The first-order valence-corrected chi connectivity index (χ1v) is 15.7. The third-order valence-electron chi connectivity index (χ3n) is 9.78. The second-order valence-corrected chi connectivity index (χ2v) is 12.4. The molecular formula is C34H44N4O3. The van der Waals surface area contributed by atoms with Crippen LogP contribution in [-0.2, 0) is 16.1 Å². The molecule has 218 valence electrons. The molecule has 0 bridgehead atoms. The number of pyridine rings is 1. The molecule has 1 aliphatic heterocycles. The Morgan fingerprint density at radius 1 is 0.927 bits per heavy atom. The summed E-state index contributed by atoms with van der Waals surface area (Å²) >= 11 is 0. The number of rotatable bonds is 7. The summed E-state index contributed by atoms with van der Waals surface area (Å²) in [6, 6.07) is 12.8. The van der Waals surface area contributed by atoms with E-state index in [-0.39, 0.29) is 11.8 Å². The van der Waals surface area contributed by atoms with Gasteiger partial charge in [-0.25, -0.2) is 0 Å². The van der Waals surface area contributed by atoms with E-state index in [4.69, 9.17) is 4.74 Å². The molecule has 3 fully saturated rings. The van der Waals surface area contributed by atoms with Crippen molar-refractivity contribution in [3.63, 3.8) is 0 Å². The van der Waals surface area contributed by atoms with E-state index in [0.29, 0.717) is 56.0 Å². The number of anilines is 1. The number of aromatic nitrogens is 2. The van der Waals surface area contributed by atoms with Crippen molar-refractivity contribution in [2.75, 3.05) is 38.3 Å². The van der Waals surface area contributed by atoms with Crippen LogP contribution in [0.2, 0.25) is 0 Å². The second-order valence-electron chi connectivity index (χ2n) is 12.4. The van der Waals surface area contributed by atoms with E-state index in [1.807, 2.05) is 29.1 Å². The molecule has 1 saturated heterocycles. The largest absolute Gasteiger partial charge is 0.378 e. The number of nitrogens with zero attached hydrogens (tertiary/aromatic N) is 4. The number of fused-ring (bicyclic) bond motifs is 1. The predicted octanol–water partition coefficient (Wildman–Crippen LogP) is 6.42. The molecule has 2 aromatic heterocycles. The Labute approximate surface area is 243 Å². The molecule has 0 N–H and O–H groups in total. The number of ether oxygens (including phenoxy) is 1. The number of hydrogen-bond acceptors (Lipinski definition) is 4. The summed E-state index contributed by atoms with van der Waals surface area (Å²) in [5, 5.41) is 0. The normalized spacial score (nSPS) is 22.1. The maximum atomic E-state index is 13.3. The van der Waals surface area contributed by atoms with Crippen LogP contribution >= 0.6 is 0 Å². The van der Waals surface area contributed by atoms with Crippen LogP contribution in [0.1, 0.15) is 86.0 Å². The van der Waals surface area contributed by atoms with Gasteiger partial charge < -0.3 is 19.1 Å². The zero-order valence-corrected chi connectivity index (χ0v) is 24.5. The van der Waals surface area contributed by atoms with Crippen molar-refractivity contribution in [1.29, 1.82) is 0 Å². The van der Waals surface area contributed by atoms with E-state index >= 15 is 0 Å². The van der Waals surface area contributed by atoms with Gasteiger partial charge in [-0.05, 0) is 86.1 Å². The number of morpholine rings is 1. The van der Waals surface area contributed by atoms with E-state index in [0.717, 1.165) is 36.1 Å². The van der Waals surface area contributed by atoms with Gasteiger partial charge in [-0.1, -0.05) is 31.4 Å². The molecule has 3 aliphatic rings. The van der Waals surface area contributed by atoms with Crippen LogP contribution < -0.4 is 4.90 Å². The zero-order chi connectivity index (χ0) is 28.2. The molecule has 2 saturated carbocycles. The smallest absolute Gasteiger partial charge is 0.257 e. The van der Waals surface area contributed by atoms with E-state index < -0.39 is 0 Å². The lowest BCUT2D eigenvalue weighted by Crippen LogP contribution is -2.40. The van der Waals surface area contributed by atoms with Crippen LogP contribution in [-0.4, -0.2) is 59.6 Å². The summed E-state index contributed by atoms with van der Waals surface area (Å²) in [4.78, 5) is 34.5. The highest BCUT2D eigenvalue weighted by atomic mass is 16.5. The molecule has 0 atom stereocenters. The molecule has 0 radical (unpaired) electrons. The quantitative estimate of drug-likeness (QED) is 0.337. The van der Waals surface area contributed by atoms with Gasteiger partial charge in [0, 0.05) is 51.2 Å². The van der Waals surface area contributed by atoms with Crippen molar-refractivity contribution in [3.05, 3.63) is 59.9 Å². The van der Waals surface area contributed by atoms with Crippen molar-refractivity contribution < 1.29 is 14.3 Å². The summed E-state index contributed by atoms with van der Waals surface area (Å²) in [5.41, 5.74) is 4.94. The van der Waals surface area contributed by atoms with E-state index in [9.17, 15) is 9.59 Å². The first kappa shape index (κ1) is 28.0. The monoisotopic (exact) mass is 556 g/mol. The topological polar surface area (TPSA) is 67.7 Å². The molecule has 2 aliphatic carbocycles. The lowest BCUT2D eigenvalue weighted by Gasteiger charge is -2.30. The lowest BCUT2D eigenvalue weighted by atomic mass is 9.78. The standard InChI is InChI=1S/C34H44N4O3/c1-36(32(39)22-25-6-3-2-4-7-25)29-15-13-28(14-16-29)27-11-9-26(10-12-27)23-38-24-30(33-31(38)8-5-17-35-33)34(40)37-18-20-41-21-19-37/h5,8,13-17,24-27H,2-4,6-7,9-12,18-23H2,1H3. The Balaban J connectivity index is 1.05. The minimum Gasteiger partial charge on any atom is -0.378 e. The molecule has 3 heterocycles. The molecule has 6 rings (SSSR count). The minimum absolute atomic E-state index is 0.0595.